The van der Waals surface area contributed by atoms with Crippen LogP contribution in [0.25, 0.3) is 0 Å². The molecule has 0 bridgehead atoms. The Morgan fingerprint density at radius 3 is 2.71 bits per heavy atom. The molecule has 7 heteroatoms. The molecular formula is C10H12F2N2O3. The van der Waals surface area contributed by atoms with Crippen molar-refractivity contribution in [3.05, 3.63) is 23.0 Å². The second-order valence-electron chi connectivity index (χ2n) is 3.26. The Labute approximate surface area is 96.2 Å². The van der Waals surface area contributed by atoms with Crippen molar-refractivity contribution in [1.82, 2.24) is 4.98 Å². The SMILES string of the molecule is COc1c(CC(=O)O)cc(C(F)F)nc1CN. The van der Waals surface area contributed by atoms with Crippen molar-refractivity contribution in [2.24, 2.45) is 5.73 Å². The zero-order chi connectivity index (χ0) is 13.0. The molecule has 5 nitrogen and oxygen atoms in total. The zero-order valence-corrected chi connectivity index (χ0v) is 9.11. The third-order valence-corrected chi connectivity index (χ3v) is 2.10. The number of nitrogens with two attached hydrogens (primary N) is 1. The third-order valence-electron chi connectivity index (χ3n) is 2.10. The summed E-state index contributed by atoms with van der Waals surface area (Å²) in [5, 5.41) is 8.69. The summed E-state index contributed by atoms with van der Waals surface area (Å²) >= 11 is 0. The Hall–Kier alpha value is -1.76. The van der Waals surface area contributed by atoms with Gasteiger partial charge in [0.05, 0.1) is 19.2 Å². The molecule has 0 amide bonds. The number of halogens is 2. The first-order valence-corrected chi connectivity index (χ1v) is 4.76. The van der Waals surface area contributed by atoms with Crippen molar-refractivity contribution in [3.8, 4) is 5.75 Å². The number of hydrogen-bond donors (Lipinski definition) is 2. The molecule has 94 valence electrons. The normalized spacial score (nSPS) is 10.6. The lowest BCUT2D eigenvalue weighted by Gasteiger charge is -2.12. The van der Waals surface area contributed by atoms with Gasteiger partial charge in [0, 0.05) is 12.1 Å². The first kappa shape index (κ1) is 13.3. The third kappa shape index (κ3) is 3.10. The molecule has 17 heavy (non-hydrogen) atoms. The quantitative estimate of drug-likeness (QED) is 0.812. The summed E-state index contributed by atoms with van der Waals surface area (Å²) in [5.74, 6) is -0.989. The molecule has 0 aliphatic heterocycles. The number of alkyl halides is 2. The monoisotopic (exact) mass is 246 g/mol. The van der Waals surface area contributed by atoms with Crippen molar-refractivity contribution in [2.75, 3.05) is 7.11 Å². The molecule has 1 rings (SSSR count). The van der Waals surface area contributed by atoms with E-state index in [9.17, 15) is 13.6 Å². The number of carboxylic acid groups (broad SMARTS) is 1. The number of aliphatic carboxylic acids is 1. The van der Waals surface area contributed by atoms with Gasteiger partial charge in [0.15, 0.2) is 0 Å². The fourth-order valence-corrected chi connectivity index (χ4v) is 1.46. The van der Waals surface area contributed by atoms with Gasteiger partial charge in [-0.2, -0.15) is 0 Å². The minimum Gasteiger partial charge on any atom is -0.494 e. The largest absolute Gasteiger partial charge is 0.494 e. The van der Waals surface area contributed by atoms with E-state index in [4.69, 9.17) is 15.6 Å². The summed E-state index contributed by atoms with van der Waals surface area (Å²) < 4.78 is 30.0. The molecule has 1 aromatic rings. The maximum atomic E-state index is 12.5. The number of hydrogen-bond acceptors (Lipinski definition) is 4. The number of aromatic nitrogens is 1. The predicted molar refractivity (Wildman–Crippen MR) is 55.0 cm³/mol. The molecule has 0 unspecified atom stereocenters. The van der Waals surface area contributed by atoms with Crippen LogP contribution < -0.4 is 10.5 Å². The van der Waals surface area contributed by atoms with Gasteiger partial charge >= 0.3 is 5.97 Å². The first-order valence-electron chi connectivity index (χ1n) is 4.76. The highest BCUT2D eigenvalue weighted by molar-refractivity contribution is 5.71. The molecule has 0 saturated heterocycles. The Balaban J connectivity index is 3.31. The van der Waals surface area contributed by atoms with Crippen LogP contribution in [-0.2, 0) is 17.8 Å². The van der Waals surface area contributed by atoms with Gasteiger partial charge < -0.3 is 15.6 Å². The fourth-order valence-electron chi connectivity index (χ4n) is 1.46. The van der Waals surface area contributed by atoms with Crippen LogP contribution in [0.5, 0.6) is 5.75 Å². The second kappa shape index (κ2) is 5.53. The molecule has 0 aliphatic carbocycles. The van der Waals surface area contributed by atoms with Crippen LogP contribution >= 0.6 is 0 Å². The lowest BCUT2D eigenvalue weighted by Crippen LogP contribution is -2.10. The minimum atomic E-state index is -2.78. The Morgan fingerprint density at radius 1 is 1.65 bits per heavy atom. The maximum Gasteiger partial charge on any atom is 0.307 e. The van der Waals surface area contributed by atoms with E-state index in [-0.39, 0.29) is 23.6 Å². The summed E-state index contributed by atoms with van der Waals surface area (Å²) in [6.07, 6.45) is -3.20. The zero-order valence-electron chi connectivity index (χ0n) is 9.11. The van der Waals surface area contributed by atoms with E-state index < -0.39 is 24.5 Å². The number of nitrogens with zero attached hydrogens (tertiary/aromatic N) is 1. The van der Waals surface area contributed by atoms with E-state index in [2.05, 4.69) is 4.98 Å². The van der Waals surface area contributed by atoms with Gasteiger partial charge in [0.25, 0.3) is 6.43 Å². The number of ether oxygens (including phenoxy) is 1. The smallest absolute Gasteiger partial charge is 0.307 e. The van der Waals surface area contributed by atoms with Crippen LogP contribution in [0.1, 0.15) is 23.4 Å². The van der Waals surface area contributed by atoms with E-state index in [1.54, 1.807) is 0 Å². The van der Waals surface area contributed by atoms with E-state index >= 15 is 0 Å². The number of pyridine rings is 1. The van der Waals surface area contributed by atoms with E-state index in [1.807, 2.05) is 0 Å². The lowest BCUT2D eigenvalue weighted by atomic mass is 10.1. The highest BCUT2D eigenvalue weighted by Crippen LogP contribution is 2.27. The van der Waals surface area contributed by atoms with Gasteiger partial charge in [-0.15, -0.1) is 0 Å². The molecule has 0 spiro atoms. The molecule has 0 aromatic carbocycles. The van der Waals surface area contributed by atoms with Crippen LogP contribution in [0.15, 0.2) is 6.07 Å². The Morgan fingerprint density at radius 2 is 2.29 bits per heavy atom. The van der Waals surface area contributed by atoms with Gasteiger partial charge in [-0.05, 0) is 6.07 Å². The van der Waals surface area contributed by atoms with Crippen molar-refractivity contribution >= 4 is 5.97 Å². The van der Waals surface area contributed by atoms with Gasteiger partial charge in [-0.1, -0.05) is 0 Å². The summed E-state index contributed by atoms with van der Waals surface area (Å²) in [7, 11) is 1.31. The fraction of sp³-hybridized carbons (Fsp3) is 0.400. The molecule has 1 heterocycles. The first-order chi connectivity index (χ1) is 7.99. The van der Waals surface area contributed by atoms with Gasteiger partial charge in [-0.25, -0.2) is 13.8 Å². The van der Waals surface area contributed by atoms with Gasteiger partial charge in [0.1, 0.15) is 11.4 Å². The van der Waals surface area contributed by atoms with E-state index in [0.29, 0.717) is 0 Å². The van der Waals surface area contributed by atoms with Crippen LogP contribution in [0.4, 0.5) is 8.78 Å². The van der Waals surface area contributed by atoms with Crippen molar-refractivity contribution in [1.29, 1.82) is 0 Å². The maximum absolute atomic E-state index is 12.5. The number of carboxylic acids is 1. The van der Waals surface area contributed by atoms with Crippen molar-refractivity contribution in [2.45, 2.75) is 19.4 Å². The van der Waals surface area contributed by atoms with Gasteiger partial charge in [-0.3, -0.25) is 4.79 Å². The average molecular weight is 246 g/mol. The van der Waals surface area contributed by atoms with Crippen LogP contribution in [0.2, 0.25) is 0 Å². The average Bonchev–Trinajstić information content (AvgIpc) is 2.26. The van der Waals surface area contributed by atoms with Gasteiger partial charge in [0.2, 0.25) is 0 Å². The molecule has 3 N–H and O–H groups in total. The molecular weight excluding hydrogens is 234 g/mol. The summed E-state index contributed by atoms with van der Waals surface area (Å²) in [4.78, 5) is 14.3. The Kier molecular flexibility index (Phi) is 4.33. The number of carbonyl (C=O) groups is 1. The Bertz CT molecular complexity index is 424. The number of rotatable bonds is 5. The van der Waals surface area contributed by atoms with Crippen LogP contribution in [0, 0.1) is 0 Å². The summed E-state index contributed by atoms with van der Waals surface area (Å²) in [5.41, 5.74) is 5.13. The topological polar surface area (TPSA) is 85.4 Å². The molecule has 0 saturated carbocycles. The lowest BCUT2D eigenvalue weighted by molar-refractivity contribution is -0.136. The standard InChI is InChI=1S/C10H12F2N2O3/c1-17-9-5(3-8(15)16)2-6(10(11)12)14-7(9)4-13/h2,10H,3-4,13H2,1H3,(H,15,16). The van der Waals surface area contributed by atoms with E-state index in [0.717, 1.165) is 6.07 Å². The summed E-state index contributed by atoms with van der Waals surface area (Å²) in [6, 6.07) is 1.02. The second-order valence-corrected chi connectivity index (χ2v) is 3.26. The highest BCUT2D eigenvalue weighted by atomic mass is 19.3. The van der Waals surface area contributed by atoms with Crippen molar-refractivity contribution in [3.63, 3.8) is 0 Å². The minimum absolute atomic E-state index is 0.101. The van der Waals surface area contributed by atoms with Crippen LogP contribution in [-0.4, -0.2) is 23.2 Å². The molecule has 0 fully saturated rings. The molecule has 0 atom stereocenters. The van der Waals surface area contributed by atoms with Crippen LogP contribution in [0.3, 0.4) is 0 Å². The molecule has 0 radical (unpaired) electrons. The molecule has 1 aromatic heterocycles. The van der Waals surface area contributed by atoms with Crippen molar-refractivity contribution < 1.29 is 23.4 Å². The molecule has 0 aliphatic rings. The summed E-state index contributed by atoms with van der Waals surface area (Å²) in [6.45, 7) is -0.101. The highest BCUT2D eigenvalue weighted by Gasteiger charge is 2.18. The van der Waals surface area contributed by atoms with E-state index in [1.165, 1.54) is 7.11 Å². The predicted octanol–water partition coefficient (Wildman–Crippen LogP) is 1.11. The number of methoxy groups -OCH3 is 1.